The maximum Gasteiger partial charge on any atom is 0.0629 e. The Bertz CT molecular complexity index is 257. The number of benzene rings is 1. The van der Waals surface area contributed by atoms with E-state index in [9.17, 15) is 0 Å². The summed E-state index contributed by atoms with van der Waals surface area (Å²) in [6, 6.07) is 6.06. The van der Waals surface area contributed by atoms with Crippen LogP contribution < -0.4 is 10.6 Å². The molecule has 2 N–H and O–H groups in total. The summed E-state index contributed by atoms with van der Waals surface area (Å²) in [5.74, 6) is 0. The minimum atomic E-state index is 0.878. The Morgan fingerprint density at radius 1 is 1.23 bits per heavy atom. The molecule has 13 heavy (non-hydrogen) atoms. The Hall–Kier alpha value is -1.18. The van der Waals surface area contributed by atoms with E-state index in [0.29, 0.717) is 0 Å². The summed E-state index contributed by atoms with van der Waals surface area (Å²) in [6.45, 7) is 8.41. The van der Waals surface area contributed by atoms with Crippen molar-refractivity contribution in [1.82, 2.24) is 0 Å². The fourth-order valence-corrected chi connectivity index (χ4v) is 1.65. The molecule has 0 spiro atoms. The molecule has 1 aromatic rings. The lowest BCUT2D eigenvalue weighted by Gasteiger charge is -2.24. The standard InChI is InChI=1S/C11H18N2/c1-4-13(5-2)11-9(3)7-6-8-10(11)12/h6-8H,4-5,12H2,1-3H3. The largest absolute Gasteiger partial charge is 0.397 e. The molecule has 0 atom stereocenters. The van der Waals surface area contributed by atoms with Crippen molar-refractivity contribution in [3.63, 3.8) is 0 Å². The lowest BCUT2D eigenvalue weighted by molar-refractivity contribution is 0.863. The van der Waals surface area contributed by atoms with E-state index in [0.717, 1.165) is 18.8 Å². The Morgan fingerprint density at radius 3 is 2.31 bits per heavy atom. The summed E-state index contributed by atoms with van der Waals surface area (Å²) in [7, 11) is 0. The van der Waals surface area contributed by atoms with E-state index in [1.165, 1.54) is 11.3 Å². The van der Waals surface area contributed by atoms with Crippen LogP contribution in [0.3, 0.4) is 0 Å². The number of nitrogens with two attached hydrogens (primary N) is 1. The topological polar surface area (TPSA) is 29.3 Å². The highest BCUT2D eigenvalue weighted by Gasteiger charge is 2.07. The number of anilines is 2. The van der Waals surface area contributed by atoms with Crippen LogP contribution >= 0.6 is 0 Å². The molecular weight excluding hydrogens is 160 g/mol. The van der Waals surface area contributed by atoms with Gasteiger partial charge in [-0.25, -0.2) is 0 Å². The first-order chi connectivity index (χ1) is 6.20. The molecule has 0 bridgehead atoms. The Balaban J connectivity index is 3.10. The van der Waals surface area contributed by atoms with Gasteiger partial charge in [0.2, 0.25) is 0 Å². The minimum Gasteiger partial charge on any atom is -0.397 e. The van der Waals surface area contributed by atoms with Crippen LogP contribution in [0.15, 0.2) is 18.2 Å². The van der Waals surface area contributed by atoms with Crippen molar-refractivity contribution in [1.29, 1.82) is 0 Å². The fraction of sp³-hybridized carbons (Fsp3) is 0.455. The lowest BCUT2D eigenvalue weighted by Crippen LogP contribution is -2.23. The Kier molecular flexibility index (Phi) is 3.18. The van der Waals surface area contributed by atoms with Gasteiger partial charge in [0, 0.05) is 13.1 Å². The predicted octanol–water partition coefficient (Wildman–Crippen LogP) is 2.42. The average molecular weight is 178 g/mol. The summed E-state index contributed by atoms with van der Waals surface area (Å²) in [4.78, 5) is 2.28. The molecule has 0 fully saturated rings. The third-order valence-corrected chi connectivity index (χ3v) is 2.35. The van der Waals surface area contributed by atoms with Crippen LogP contribution in [0.2, 0.25) is 0 Å². The molecule has 1 rings (SSSR count). The van der Waals surface area contributed by atoms with Gasteiger partial charge in [-0.1, -0.05) is 12.1 Å². The molecule has 0 aliphatic carbocycles. The van der Waals surface area contributed by atoms with Gasteiger partial charge >= 0.3 is 0 Å². The van der Waals surface area contributed by atoms with Crippen molar-refractivity contribution >= 4 is 11.4 Å². The molecule has 0 saturated heterocycles. The monoisotopic (exact) mass is 178 g/mol. The van der Waals surface area contributed by atoms with Gasteiger partial charge in [-0.3, -0.25) is 0 Å². The van der Waals surface area contributed by atoms with Gasteiger partial charge in [0.05, 0.1) is 11.4 Å². The van der Waals surface area contributed by atoms with Crippen LogP contribution in [0.4, 0.5) is 11.4 Å². The first kappa shape index (κ1) is 9.90. The van der Waals surface area contributed by atoms with Gasteiger partial charge in [-0.15, -0.1) is 0 Å². The molecule has 0 heterocycles. The van der Waals surface area contributed by atoms with E-state index >= 15 is 0 Å². The normalized spacial score (nSPS) is 10.1. The van der Waals surface area contributed by atoms with Crippen LogP contribution in [0.5, 0.6) is 0 Å². The number of hydrogen-bond donors (Lipinski definition) is 1. The van der Waals surface area contributed by atoms with Crippen LogP contribution in [0.1, 0.15) is 19.4 Å². The SMILES string of the molecule is CCN(CC)c1c(C)cccc1N. The third kappa shape index (κ3) is 1.94. The van der Waals surface area contributed by atoms with Gasteiger partial charge in [0.25, 0.3) is 0 Å². The molecule has 0 unspecified atom stereocenters. The Labute approximate surface area is 80.4 Å². The summed E-state index contributed by atoms with van der Waals surface area (Å²) in [5, 5.41) is 0. The van der Waals surface area contributed by atoms with Crippen molar-refractivity contribution in [3.05, 3.63) is 23.8 Å². The molecule has 0 aromatic heterocycles. The third-order valence-electron chi connectivity index (χ3n) is 2.35. The summed E-state index contributed by atoms with van der Waals surface area (Å²) >= 11 is 0. The van der Waals surface area contributed by atoms with E-state index in [1.54, 1.807) is 0 Å². The number of nitrogen functional groups attached to an aromatic ring is 1. The molecule has 0 radical (unpaired) electrons. The van der Waals surface area contributed by atoms with Crippen LogP contribution in [0, 0.1) is 6.92 Å². The highest BCUT2D eigenvalue weighted by atomic mass is 15.1. The quantitative estimate of drug-likeness (QED) is 0.720. The molecule has 1 aromatic carbocycles. The summed E-state index contributed by atoms with van der Waals surface area (Å²) < 4.78 is 0. The maximum atomic E-state index is 5.93. The number of hydrogen-bond acceptors (Lipinski definition) is 2. The number of rotatable bonds is 3. The highest BCUT2D eigenvalue weighted by Crippen LogP contribution is 2.26. The van der Waals surface area contributed by atoms with Gasteiger partial charge in [-0.2, -0.15) is 0 Å². The van der Waals surface area contributed by atoms with E-state index in [2.05, 4.69) is 31.7 Å². The second-order valence-corrected chi connectivity index (χ2v) is 3.19. The molecule has 0 aliphatic heterocycles. The van der Waals surface area contributed by atoms with Crippen molar-refractivity contribution < 1.29 is 0 Å². The van der Waals surface area contributed by atoms with Crippen molar-refractivity contribution in [2.45, 2.75) is 20.8 Å². The van der Waals surface area contributed by atoms with Gasteiger partial charge in [-0.05, 0) is 32.4 Å². The second kappa shape index (κ2) is 4.17. The van der Waals surface area contributed by atoms with Crippen LogP contribution in [-0.2, 0) is 0 Å². The van der Waals surface area contributed by atoms with Crippen molar-refractivity contribution in [2.24, 2.45) is 0 Å². The van der Waals surface area contributed by atoms with Gasteiger partial charge in [0.15, 0.2) is 0 Å². The maximum absolute atomic E-state index is 5.93. The zero-order valence-corrected chi connectivity index (χ0v) is 8.67. The van der Waals surface area contributed by atoms with E-state index < -0.39 is 0 Å². The molecular formula is C11H18N2. The van der Waals surface area contributed by atoms with E-state index in [4.69, 9.17) is 5.73 Å². The minimum absolute atomic E-state index is 0.878. The zero-order valence-electron chi connectivity index (χ0n) is 8.67. The molecule has 0 aliphatic rings. The smallest absolute Gasteiger partial charge is 0.0629 e. The van der Waals surface area contributed by atoms with Crippen LogP contribution in [-0.4, -0.2) is 13.1 Å². The fourth-order valence-electron chi connectivity index (χ4n) is 1.65. The first-order valence-electron chi connectivity index (χ1n) is 4.80. The Morgan fingerprint density at radius 2 is 1.85 bits per heavy atom. The van der Waals surface area contributed by atoms with Gasteiger partial charge < -0.3 is 10.6 Å². The number of nitrogens with zero attached hydrogens (tertiary/aromatic N) is 1. The van der Waals surface area contributed by atoms with Crippen LogP contribution in [0.25, 0.3) is 0 Å². The molecule has 0 amide bonds. The molecule has 2 heteroatoms. The first-order valence-corrected chi connectivity index (χ1v) is 4.80. The lowest BCUT2D eigenvalue weighted by atomic mass is 10.1. The second-order valence-electron chi connectivity index (χ2n) is 3.19. The molecule has 2 nitrogen and oxygen atoms in total. The van der Waals surface area contributed by atoms with Crippen molar-refractivity contribution in [3.8, 4) is 0 Å². The zero-order chi connectivity index (χ0) is 9.84. The van der Waals surface area contributed by atoms with E-state index in [1.807, 2.05) is 12.1 Å². The summed E-state index contributed by atoms with van der Waals surface area (Å²) in [6.07, 6.45) is 0. The van der Waals surface area contributed by atoms with Gasteiger partial charge in [0.1, 0.15) is 0 Å². The molecule has 72 valence electrons. The number of aryl methyl sites for hydroxylation is 1. The number of para-hydroxylation sites is 1. The predicted molar refractivity (Wildman–Crippen MR) is 59.2 cm³/mol. The van der Waals surface area contributed by atoms with E-state index in [-0.39, 0.29) is 0 Å². The van der Waals surface area contributed by atoms with Crippen molar-refractivity contribution in [2.75, 3.05) is 23.7 Å². The highest BCUT2D eigenvalue weighted by molar-refractivity contribution is 5.71. The summed E-state index contributed by atoms with van der Waals surface area (Å²) in [5.41, 5.74) is 9.25. The molecule has 0 saturated carbocycles. The average Bonchev–Trinajstić information content (AvgIpc) is 2.11.